The Hall–Kier alpha value is -5.64. The monoisotopic (exact) mass is 512 g/mol. The minimum Gasteiger partial charge on any atom is -0.478 e. The molecule has 0 bridgehead atoms. The van der Waals surface area contributed by atoms with Crippen LogP contribution in [0.15, 0.2) is 84.9 Å². The number of benzene rings is 4. The van der Waals surface area contributed by atoms with E-state index >= 15 is 0 Å². The lowest BCUT2D eigenvalue weighted by molar-refractivity contribution is 0.0379. The van der Waals surface area contributed by atoms with E-state index in [-0.39, 0.29) is 33.4 Å². The maximum atomic E-state index is 12.5. The van der Waals surface area contributed by atoms with Crippen LogP contribution in [-0.4, -0.2) is 46.0 Å². The minimum absolute atomic E-state index is 0.0315. The number of carboxylic acids is 2. The lowest BCUT2D eigenvalue weighted by atomic mass is 10.0. The maximum absolute atomic E-state index is 12.5. The number of aromatic carboxylic acids is 2. The Kier molecular flexibility index (Phi) is 7.06. The largest absolute Gasteiger partial charge is 0.478 e. The molecule has 0 aromatic heterocycles. The summed E-state index contributed by atoms with van der Waals surface area (Å²) in [5.74, 6) is -6.43. The summed E-state index contributed by atoms with van der Waals surface area (Å²) in [6, 6.07) is 18.7. The third kappa shape index (κ3) is 5.60. The second kappa shape index (κ2) is 10.5. The van der Waals surface area contributed by atoms with E-state index < -0.39 is 35.8 Å². The lowest BCUT2D eigenvalue weighted by Gasteiger charge is -2.07. The fraction of sp³-hybridized carbons (Fsp3) is 0. The first-order chi connectivity index (χ1) is 18.1. The molecule has 0 heterocycles. The molecule has 0 unspecified atom stereocenters. The van der Waals surface area contributed by atoms with Crippen molar-refractivity contribution in [2.24, 2.45) is 0 Å². The second-order valence-electron chi connectivity index (χ2n) is 7.90. The van der Waals surface area contributed by atoms with E-state index in [1.54, 1.807) is 0 Å². The van der Waals surface area contributed by atoms with Crippen molar-refractivity contribution in [1.29, 1.82) is 0 Å². The molecule has 0 spiro atoms. The summed E-state index contributed by atoms with van der Waals surface area (Å²) in [6.07, 6.45) is 0. The SMILES string of the molecule is O=C(O)c1cccc(C(=O)OC(=O)c2ccc3cc(C(=O)OC(=O)c4cccc(C(=O)O)c4)ccc3c2)c1. The van der Waals surface area contributed by atoms with E-state index in [0.29, 0.717) is 10.8 Å². The number of carbonyl (C=O) groups is 6. The minimum atomic E-state index is -1.24. The predicted molar refractivity (Wildman–Crippen MR) is 130 cm³/mol. The topological polar surface area (TPSA) is 161 Å². The van der Waals surface area contributed by atoms with Crippen molar-refractivity contribution in [2.45, 2.75) is 0 Å². The zero-order valence-electron chi connectivity index (χ0n) is 19.2. The zero-order valence-corrected chi connectivity index (χ0v) is 19.2. The van der Waals surface area contributed by atoms with Crippen molar-refractivity contribution in [3.05, 3.63) is 118 Å². The van der Waals surface area contributed by atoms with Crippen LogP contribution in [0.2, 0.25) is 0 Å². The van der Waals surface area contributed by atoms with Gasteiger partial charge in [0.1, 0.15) is 0 Å². The van der Waals surface area contributed by atoms with E-state index in [2.05, 4.69) is 0 Å². The highest BCUT2D eigenvalue weighted by Crippen LogP contribution is 2.20. The zero-order chi connectivity index (χ0) is 27.4. The number of fused-ring (bicyclic) bond motifs is 1. The molecule has 10 nitrogen and oxygen atoms in total. The van der Waals surface area contributed by atoms with Gasteiger partial charge < -0.3 is 19.7 Å². The van der Waals surface area contributed by atoms with Gasteiger partial charge in [0.15, 0.2) is 0 Å². The molecule has 0 aliphatic rings. The van der Waals surface area contributed by atoms with Crippen molar-refractivity contribution >= 4 is 46.6 Å². The summed E-state index contributed by atoms with van der Waals surface area (Å²) in [5, 5.41) is 19.1. The van der Waals surface area contributed by atoms with E-state index in [9.17, 15) is 28.8 Å². The molecule has 2 N–H and O–H groups in total. The summed E-state index contributed by atoms with van der Waals surface area (Å²) in [5.41, 5.74) is -0.421. The molecular formula is C28H16O10. The fourth-order valence-electron chi connectivity index (χ4n) is 3.46. The molecule has 0 aliphatic heterocycles. The molecule has 0 radical (unpaired) electrons. The number of hydrogen-bond donors (Lipinski definition) is 2. The van der Waals surface area contributed by atoms with Gasteiger partial charge in [0.2, 0.25) is 0 Å². The van der Waals surface area contributed by atoms with Crippen molar-refractivity contribution in [3.8, 4) is 0 Å². The molecule has 0 aliphatic carbocycles. The Morgan fingerprint density at radius 1 is 0.421 bits per heavy atom. The van der Waals surface area contributed by atoms with Crippen molar-refractivity contribution in [2.75, 3.05) is 0 Å². The normalized spacial score (nSPS) is 10.4. The molecular weight excluding hydrogens is 496 g/mol. The van der Waals surface area contributed by atoms with Crippen molar-refractivity contribution < 1.29 is 48.5 Å². The number of esters is 4. The molecule has 0 saturated heterocycles. The van der Waals surface area contributed by atoms with Crippen LogP contribution in [-0.2, 0) is 9.47 Å². The lowest BCUT2D eigenvalue weighted by Crippen LogP contribution is -2.14. The summed E-state index contributed by atoms with van der Waals surface area (Å²) >= 11 is 0. The Balaban J connectivity index is 1.47. The first-order valence-corrected chi connectivity index (χ1v) is 10.9. The quantitative estimate of drug-likeness (QED) is 0.282. The number of carboxylic acid groups (broad SMARTS) is 2. The first-order valence-electron chi connectivity index (χ1n) is 10.9. The van der Waals surface area contributed by atoms with Crippen molar-refractivity contribution in [3.63, 3.8) is 0 Å². The fourth-order valence-corrected chi connectivity index (χ4v) is 3.46. The molecule has 10 heteroatoms. The third-order valence-corrected chi connectivity index (χ3v) is 5.37. The van der Waals surface area contributed by atoms with Crippen LogP contribution in [0.4, 0.5) is 0 Å². The van der Waals surface area contributed by atoms with Gasteiger partial charge in [-0.3, -0.25) is 0 Å². The van der Waals surface area contributed by atoms with E-state index in [1.807, 2.05) is 0 Å². The van der Waals surface area contributed by atoms with Crippen LogP contribution in [0, 0.1) is 0 Å². The van der Waals surface area contributed by atoms with Gasteiger partial charge in [-0.15, -0.1) is 0 Å². The highest BCUT2D eigenvalue weighted by Gasteiger charge is 2.19. The summed E-state index contributed by atoms with van der Waals surface area (Å²) in [7, 11) is 0. The van der Waals surface area contributed by atoms with Gasteiger partial charge in [-0.05, 0) is 71.4 Å². The molecule has 4 aromatic carbocycles. The number of carbonyl (C=O) groups excluding carboxylic acids is 4. The molecule has 38 heavy (non-hydrogen) atoms. The molecule has 0 atom stereocenters. The van der Waals surface area contributed by atoms with Gasteiger partial charge in [0.25, 0.3) is 0 Å². The second-order valence-corrected chi connectivity index (χ2v) is 7.90. The van der Waals surface area contributed by atoms with Crippen molar-refractivity contribution in [1.82, 2.24) is 0 Å². The maximum Gasteiger partial charge on any atom is 0.346 e. The first kappa shape index (κ1) is 25.5. The van der Waals surface area contributed by atoms with Gasteiger partial charge in [-0.2, -0.15) is 0 Å². The Bertz CT molecular complexity index is 1530. The van der Waals surface area contributed by atoms with Crippen LogP contribution in [0.3, 0.4) is 0 Å². The highest BCUT2D eigenvalue weighted by molar-refractivity contribution is 6.07. The summed E-state index contributed by atoms with van der Waals surface area (Å²) in [6.45, 7) is 0. The summed E-state index contributed by atoms with van der Waals surface area (Å²) < 4.78 is 9.72. The molecule has 4 aromatic rings. The van der Waals surface area contributed by atoms with Crippen LogP contribution >= 0.6 is 0 Å². The number of rotatable bonds is 6. The Labute approximate surface area is 213 Å². The van der Waals surface area contributed by atoms with Gasteiger partial charge in [-0.1, -0.05) is 24.3 Å². The molecule has 0 saturated carbocycles. The number of ether oxygens (including phenoxy) is 2. The van der Waals surface area contributed by atoms with Gasteiger partial charge >= 0.3 is 35.8 Å². The van der Waals surface area contributed by atoms with E-state index in [4.69, 9.17) is 19.7 Å². The molecule has 0 amide bonds. The van der Waals surface area contributed by atoms with Crippen LogP contribution < -0.4 is 0 Å². The Morgan fingerprint density at radius 3 is 1.08 bits per heavy atom. The van der Waals surface area contributed by atoms with Gasteiger partial charge in [-0.25, -0.2) is 28.8 Å². The highest BCUT2D eigenvalue weighted by atomic mass is 16.6. The smallest absolute Gasteiger partial charge is 0.346 e. The van der Waals surface area contributed by atoms with E-state index in [0.717, 1.165) is 12.1 Å². The molecule has 188 valence electrons. The third-order valence-electron chi connectivity index (χ3n) is 5.37. The van der Waals surface area contributed by atoms with Gasteiger partial charge in [0, 0.05) is 0 Å². The van der Waals surface area contributed by atoms with Crippen LogP contribution in [0.1, 0.15) is 62.1 Å². The molecule has 4 rings (SSSR count). The predicted octanol–water partition coefficient (Wildman–Crippen LogP) is 4.23. The standard InChI is InChI=1S/C28H16O10/c29-23(30)17-3-1-5-19(13-17)25(33)37-27(35)21-9-7-16-12-22(10-8-15(16)11-21)28(36)38-26(34)20-6-2-4-18(14-20)24(31)32/h1-14H,(H,29,30)(H,31,32). The average Bonchev–Trinajstić information content (AvgIpc) is 2.92. The van der Waals surface area contributed by atoms with E-state index in [1.165, 1.54) is 72.8 Å². The molecule has 0 fully saturated rings. The summed E-state index contributed by atoms with van der Waals surface area (Å²) in [4.78, 5) is 71.7. The van der Waals surface area contributed by atoms with Crippen LogP contribution in [0.25, 0.3) is 10.8 Å². The number of hydrogen-bond acceptors (Lipinski definition) is 8. The van der Waals surface area contributed by atoms with Crippen LogP contribution in [0.5, 0.6) is 0 Å². The Morgan fingerprint density at radius 2 is 0.737 bits per heavy atom. The van der Waals surface area contributed by atoms with Gasteiger partial charge in [0.05, 0.1) is 33.4 Å². The average molecular weight is 512 g/mol.